The largest absolute Gasteiger partial charge is 0.477 e. The zero-order chi connectivity index (χ0) is 15.8. The van der Waals surface area contributed by atoms with Crippen molar-refractivity contribution in [3.05, 3.63) is 0 Å². The number of carboxylic acids is 1. The molecule has 0 bridgehead atoms. The van der Waals surface area contributed by atoms with E-state index in [0.29, 0.717) is 18.3 Å². The first-order valence-corrected chi connectivity index (χ1v) is 8.76. The van der Waals surface area contributed by atoms with Crippen LogP contribution >= 0.6 is 0 Å². The topological polar surface area (TPSA) is 85.8 Å². The highest BCUT2D eigenvalue weighted by atomic mass is 16.4. The van der Waals surface area contributed by atoms with Crippen molar-refractivity contribution in [3.63, 3.8) is 0 Å². The number of hydrogen-bond acceptors (Lipinski definition) is 5. The molecular weight excluding hydrogens is 280 g/mol. The maximum atomic E-state index is 11.3. The molecule has 4 N–H and O–H groups in total. The number of nitrogens with one attached hydrogen (secondary N) is 3. The third kappa shape index (κ3) is 4.95. The summed E-state index contributed by atoms with van der Waals surface area (Å²) in [6, 6.07) is 0. The van der Waals surface area contributed by atoms with Crippen LogP contribution in [0.2, 0.25) is 0 Å². The molecule has 0 radical (unpaired) electrons. The second-order valence-electron chi connectivity index (χ2n) is 6.51. The Labute approximate surface area is 133 Å². The molecule has 0 amide bonds. The molecule has 0 aromatic rings. The minimum Gasteiger partial charge on any atom is -0.477 e. The van der Waals surface area contributed by atoms with Gasteiger partial charge in [0.25, 0.3) is 0 Å². The average molecular weight is 310 g/mol. The fourth-order valence-electron chi connectivity index (χ4n) is 3.54. The summed E-state index contributed by atoms with van der Waals surface area (Å²) in [5.41, 5.74) is 9.77. The van der Waals surface area contributed by atoms with Gasteiger partial charge in [-0.15, -0.1) is 0 Å². The molecule has 6 nitrogen and oxygen atoms in total. The van der Waals surface area contributed by atoms with Crippen LogP contribution in [0.4, 0.5) is 0 Å². The molecule has 22 heavy (non-hydrogen) atoms. The maximum Gasteiger partial charge on any atom is 0.352 e. The van der Waals surface area contributed by atoms with Crippen molar-refractivity contribution in [1.29, 1.82) is 0 Å². The second-order valence-corrected chi connectivity index (χ2v) is 6.51. The van der Waals surface area contributed by atoms with E-state index in [4.69, 9.17) is 0 Å². The molecule has 1 aliphatic heterocycles. The lowest BCUT2D eigenvalue weighted by Gasteiger charge is -2.41. The number of fused-ring (bicyclic) bond motifs is 1. The van der Waals surface area contributed by atoms with Gasteiger partial charge in [0.2, 0.25) is 0 Å². The Morgan fingerprint density at radius 3 is 2.86 bits per heavy atom. The van der Waals surface area contributed by atoms with Gasteiger partial charge in [0, 0.05) is 6.54 Å². The van der Waals surface area contributed by atoms with Crippen molar-refractivity contribution < 1.29 is 9.90 Å². The number of hydrogen-bond donors (Lipinski definition) is 4. The third-order valence-corrected chi connectivity index (χ3v) is 4.87. The van der Waals surface area contributed by atoms with E-state index in [1.54, 1.807) is 0 Å². The summed E-state index contributed by atoms with van der Waals surface area (Å²) >= 11 is 0. The summed E-state index contributed by atoms with van der Waals surface area (Å²) < 4.78 is 0. The van der Waals surface area contributed by atoms with Gasteiger partial charge in [-0.1, -0.05) is 39.0 Å². The first kappa shape index (κ1) is 17.2. The van der Waals surface area contributed by atoms with E-state index < -0.39 is 5.97 Å². The van der Waals surface area contributed by atoms with Gasteiger partial charge in [-0.2, -0.15) is 5.10 Å². The molecule has 2 fully saturated rings. The number of carbonyl (C=O) groups is 1. The maximum absolute atomic E-state index is 11.3. The van der Waals surface area contributed by atoms with Crippen molar-refractivity contribution >= 4 is 11.7 Å². The van der Waals surface area contributed by atoms with Crippen LogP contribution in [-0.2, 0) is 4.79 Å². The summed E-state index contributed by atoms with van der Waals surface area (Å²) in [5.74, 6) is 0.294. The van der Waals surface area contributed by atoms with Crippen LogP contribution in [0.3, 0.4) is 0 Å². The van der Waals surface area contributed by atoms with Crippen LogP contribution in [0.5, 0.6) is 0 Å². The van der Waals surface area contributed by atoms with E-state index in [-0.39, 0.29) is 11.9 Å². The Balaban J connectivity index is 1.87. The standard InChI is InChI=1S/C16H30N4O2/c1-2-3-4-5-10-14(16(21)22)18-20-15-13-9-7-6-8-12(13)11-17-19-15/h12-13,15,17,19-20H,2-11H2,1H3,(H,21,22)/b18-14+. The van der Waals surface area contributed by atoms with E-state index >= 15 is 0 Å². The lowest BCUT2D eigenvalue weighted by molar-refractivity contribution is -0.129. The van der Waals surface area contributed by atoms with Gasteiger partial charge >= 0.3 is 5.97 Å². The van der Waals surface area contributed by atoms with E-state index in [9.17, 15) is 9.90 Å². The van der Waals surface area contributed by atoms with Crippen LogP contribution in [0.15, 0.2) is 5.10 Å². The first-order valence-electron chi connectivity index (χ1n) is 8.76. The molecule has 2 aliphatic rings. The molecule has 1 aliphatic carbocycles. The van der Waals surface area contributed by atoms with Gasteiger partial charge in [-0.3, -0.25) is 10.9 Å². The van der Waals surface area contributed by atoms with Crippen LogP contribution in [0.1, 0.15) is 64.7 Å². The molecule has 0 aromatic carbocycles. The second kappa shape index (κ2) is 9.10. The fourth-order valence-corrected chi connectivity index (χ4v) is 3.54. The molecular formula is C16H30N4O2. The number of nitrogens with zero attached hydrogens (tertiary/aromatic N) is 1. The number of hydrazone groups is 1. The Morgan fingerprint density at radius 2 is 2.09 bits per heavy atom. The average Bonchev–Trinajstić information content (AvgIpc) is 2.54. The van der Waals surface area contributed by atoms with Gasteiger partial charge < -0.3 is 5.11 Å². The van der Waals surface area contributed by atoms with Gasteiger partial charge in [0.1, 0.15) is 11.9 Å². The van der Waals surface area contributed by atoms with Crippen molar-refractivity contribution in [2.45, 2.75) is 70.9 Å². The first-order chi connectivity index (χ1) is 10.7. The fraction of sp³-hybridized carbons (Fsp3) is 0.875. The summed E-state index contributed by atoms with van der Waals surface area (Å²) in [6.07, 6.45) is 9.83. The lowest BCUT2D eigenvalue weighted by Crippen LogP contribution is -2.61. The highest BCUT2D eigenvalue weighted by Gasteiger charge is 2.34. The summed E-state index contributed by atoms with van der Waals surface area (Å²) in [6.45, 7) is 3.14. The predicted octanol–water partition coefficient (Wildman–Crippen LogP) is 2.23. The number of carboxylic acid groups (broad SMARTS) is 1. The third-order valence-electron chi connectivity index (χ3n) is 4.87. The zero-order valence-electron chi connectivity index (χ0n) is 13.6. The molecule has 3 unspecified atom stereocenters. The summed E-state index contributed by atoms with van der Waals surface area (Å²) in [7, 11) is 0. The summed E-state index contributed by atoms with van der Waals surface area (Å²) in [4.78, 5) is 11.3. The minimum absolute atomic E-state index is 0.0315. The van der Waals surface area contributed by atoms with Crippen LogP contribution in [0, 0.1) is 11.8 Å². The normalized spacial score (nSPS) is 29.0. The molecule has 2 rings (SSSR count). The van der Waals surface area contributed by atoms with Gasteiger partial charge in [-0.05, 0) is 37.5 Å². The van der Waals surface area contributed by atoms with Crippen molar-refractivity contribution in [2.75, 3.05) is 6.54 Å². The van der Waals surface area contributed by atoms with E-state index in [1.165, 1.54) is 25.7 Å². The quantitative estimate of drug-likeness (QED) is 0.314. The van der Waals surface area contributed by atoms with Crippen molar-refractivity contribution in [1.82, 2.24) is 16.3 Å². The molecule has 3 atom stereocenters. The highest BCUT2D eigenvalue weighted by molar-refractivity contribution is 6.35. The zero-order valence-corrected chi connectivity index (χ0v) is 13.6. The molecule has 1 saturated heterocycles. The van der Waals surface area contributed by atoms with Crippen LogP contribution < -0.4 is 16.3 Å². The molecule has 0 spiro atoms. The molecule has 126 valence electrons. The SMILES string of the molecule is CCCCCC/C(=N\NC1NNCC2CCCCC21)C(=O)O. The predicted molar refractivity (Wildman–Crippen MR) is 87.3 cm³/mol. The molecule has 0 aromatic heterocycles. The van der Waals surface area contributed by atoms with E-state index in [2.05, 4.69) is 28.3 Å². The lowest BCUT2D eigenvalue weighted by atomic mass is 9.77. The molecule has 1 heterocycles. The Hall–Kier alpha value is -1.14. The number of hydrazine groups is 1. The van der Waals surface area contributed by atoms with E-state index in [1.807, 2.05) is 0 Å². The number of aliphatic carboxylic acids is 1. The summed E-state index contributed by atoms with van der Waals surface area (Å²) in [5, 5.41) is 13.5. The Morgan fingerprint density at radius 1 is 1.27 bits per heavy atom. The highest BCUT2D eigenvalue weighted by Crippen LogP contribution is 2.32. The number of rotatable bonds is 8. The molecule has 1 saturated carbocycles. The van der Waals surface area contributed by atoms with Crippen LogP contribution in [0.25, 0.3) is 0 Å². The van der Waals surface area contributed by atoms with Gasteiger partial charge in [0.05, 0.1) is 0 Å². The van der Waals surface area contributed by atoms with E-state index in [0.717, 1.165) is 32.2 Å². The smallest absolute Gasteiger partial charge is 0.352 e. The minimum atomic E-state index is -0.909. The van der Waals surface area contributed by atoms with Crippen molar-refractivity contribution in [2.24, 2.45) is 16.9 Å². The van der Waals surface area contributed by atoms with Gasteiger partial charge in [0.15, 0.2) is 0 Å². The Bertz CT molecular complexity index is 384. The number of unbranched alkanes of at least 4 members (excludes halogenated alkanes) is 3. The van der Waals surface area contributed by atoms with Crippen LogP contribution in [-0.4, -0.2) is 29.5 Å². The molecule has 6 heteroatoms. The monoisotopic (exact) mass is 310 g/mol. The van der Waals surface area contributed by atoms with Crippen molar-refractivity contribution in [3.8, 4) is 0 Å². The van der Waals surface area contributed by atoms with Gasteiger partial charge in [-0.25, -0.2) is 10.2 Å². The Kier molecular flexibility index (Phi) is 7.12.